The Morgan fingerprint density at radius 3 is 2.88 bits per heavy atom. The normalized spacial score (nSPS) is 28.9. The number of halogens is 2. The zero-order chi connectivity index (χ0) is 24.7. The van der Waals surface area contributed by atoms with Gasteiger partial charge < -0.3 is 29.5 Å². The van der Waals surface area contributed by atoms with Gasteiger partial charge in [-0.15, -0.1) is 0 Å². The van der Waals surface area contributed by atoms with Crippen LogP contribution in [-0.4, -0.2) is 65.5 Å². The van der Waals surface area contributed by atoms with Crippen LogP contribution in [0.25, 0.3) is 0 Å². The smallest absolute Gasteiger partial charge is 0.332 e. The zero-order valence-corrected chi connectivity index (χ0v) is 20.1. The number of rotatable bonds is 11. The second-order valence-electron chi connectivity index (χ2n) is 9.15. The number of carboxylic acids is 1. The lowest BCUT2D eigenvalue weighted by atomic mass is 9.87. The molecule has 1 heterocycles. The number of fused-ring (bicyclic) bond motifs is 1. The highest BCUT2D eigenvalue weighted by molar-refractivity contribution is 6.30. The van der Waals surface area contributed by atoms with Crippen LogP contribution in [0, 0.1) is 23.6 Å². The Hall–Kier alpha value is -1.71. The number of aliphatic hydroxyl groups is 2. The molecule has 0 radical (unpaired) electrons. The molecule has 1 aromatic carbocycles. The van der Waals surface area contributed by atoms with Gasteiger partial charge in [0.2, 0.25) is 0 Å². The lowest BCUT2D eigenvalue weighted by molar-refractivity contribution is -0.152. The van der Waals surface area contributed by atoms with E-state index < -0.39 is 30.1 Å². The quantitative estimate of drug-likeness (QED) is 0.396. The highest BCUT2D eigenvalue weighted by Crippen LogP contribution is 2.41. The molecule has 2 aliphatic rings. The highest BCUT2D eigenvalue weighted by atomic mass is 35.5. The maximum atomic E-state index is 13.2. The number of carbonyl (C=O) groups is 1. The number of benzene rings is 1. The minimum absolute atomic E-state index is 0.0339. The monoisotopic (exact) mass is 500 g/mol. The number of ether oxygens (including phenoxy) is 3. The molecule has 1 aromatic rings. The summed E-state index contributed by atoms with van der Waals surface area (Å²) in [6, 6.07) is 3.99. The van der Waals surface area contributed by atoms with E-state index in [9.17, 15) is 24.5 Å². The fourth-order valence-electron chi connectivity index (χ4n) is 4.70. The summed E-state index contributed by atoms with van der Waals surface area (Å²) in [5.41, 5.74) is 0. The number of hydrogen-bond donors (Lipinski definition) is 3. The Morgan fingerprint density at radius 1 is 1.38 bits per heavy atom. The largest absolute Gasteiger partial charge is 0.490 e. The summed E-state index contributed by atoms with van der Waals surface area (Å²) in [6.45, 7) is 2.70. The Balaban J connectivity index is 1.50. The van der Waals surface area contributed by atoms with Gasteiger partial charge in [-0.3, -0.25) is 0 Å². The van der Waals surface area contributed by atoms with Gasteiger partial charge in [0, 0.05) is 24.3 Å². The van der Waals surface area contributed by atoms with E-state index in [4.69, 9.17) is 25.8 Å². The van der Waals surface area contributed by atoms with Crippen LogP contribution in [0.4, 0.5) is 4.39 Å². The van der Waals surface area contributed by atoms with Gasteiger partial charge in [-0.05, 0) is 37.3 Å². The third-order valence-corrected chi connectivity index (χ3v) is 6.86. The van der Waals surface area contributed by atoms with E-state index in [1.165, 1.54) is 18.2 Å². The van der Waals surface area contributed by atoms with Crippen LogP contribution >= 0.6 is 11.6 Å². The fourth-order valence-corrected chi connectivity index (χ4v) is 4.87. The summed E-state index contributed by atoms with van der Waals surface area (Å²) in [7, 11) is 0. The van der Waals surface area contributed by atoms with Crippen molar-refractivity contribution in [1.82, 2.24) is 0 Å². The molecule has 0 aromatic heterocycles. The molecule has 7 nitrogen and oxygen atoms in total. The highest BCUT2D eigenvalue weighted by Gasteiger charge is 2.43. The van der Waals surface area contributed by atoms with E-state index in [1.54, 1.807) is 6.08 Å². The maximum Gasteiger partial charge on any atom is 0.332 e. The molecule has 0 bridgehead atoms. The number of aliphatic hydroxyl groups excluding tert-OH is 2. The molecule has 2 fully saturated rings. The predicted molar refractivity (Wildman–Crippen MR) is 124 cm³/mol. The van der Waals surface area contributed by atoms with Gasteiger partial charge in [-0.25, -0.2) is 9.18 Å². The molecule has 3 rings (SSSR count). The Labute approximate surface area is 204 Å². The van der Waals surface area contributed by atoms with Gasteiger partial charge in [0.25, 0.3) is 0 Å². The SMILES string of the molecule is CCCC(OC[C@@H]1CC[C@@H]2[C@@H](/C=C/[C@@H](O)COc3ccc(F)c(Cl)c3)[C@H](O)C[C@@H]2OC1)C(=O)O. The molecule has 1 unspecified atom stereocenters. The van der Waals surface area contributed by atoms with Crippen LogP contribution in [0.5, 0.6) is 5.75 Å². The molecule has 1 saturated heterocycles. The van der Waals surface area contributed by atoms with E-state index in [0.717, 1.165) is 19.3 Å². The van der Waals surface area contributed by atoms with Gasteiger partial charge >= 0.3 is 5.97 Å². The molecule has 1 aliphatic heterocycles. The molecule has 0 amide bonds. The van der Waals surface area contributed by atoms with E-state index in [1.807, 2.05) is 13.0 Å². The summed E-state index contributed by atoms with van der Waals surface area (Å²) in [5, 5.41) is 30.1. The van der Waals surface area contributed by atoms with Gasteiger partial charge in [-0.1, -0.05) is 37.1 Å². The summed E-state index contributed by atoms with van der Waals surface area (Å²) >= 11 is 5.74. The van der Waals surface area contributed by atoms with Gasteiger partial charge in [0.15, 0.2) is 6.10 Å². The second kappa shape index (κ2) is 12.8. The van der Waals surface area contributed by atoms with Crippen LogP contribution in [0.1, 0.15) is 39.0 Å². The van der Waals surface area contributed by atoms with Crippen molar-refractivity contribution in [2.24, 2.45) is 17.8 Å². The summed E-state index contributed by atoms with van der Waals surface area (Å²) in [5.74, 6) is -1.08. The summed E-state index contributed by atoms with van der Waals surface area (Å²) in [6.07, 6.45) is 4.44. The zero-order valence-electron chi connectivity index (χ0n) is 19.3. The van der Waals surface area contributed by atoms with Crippen molar-refractivity contribution < 1.29 is 38.7 Å². The Kier molecular flexibility index (Phi) is 10.2. The van der Waals surface area contributed by atoms with Gasteiger partial charge in [0.05, 0.1) is 30.4 Å². The first-order valence-corrected chi connectivity index (χ1v) is 12.2. The van der Waals surface area contributed by atoms with Crippen molar-refractivity contribution in [2.75, 3.05) is 19.8 Å². The van der Waals surface area contributed by atoms with Crippen molar-refractivity contribution >= 4 is 17.6 Å². The average molecular weight is 501 g/mol. The Bertz CT molecular complexity index is 835. The lowest BCUT2D eigenvalue weighted by Gasteiger charge is -2.21. The van der Waals surface area contributed by atoms with E-state index in [-0.39, 0.29) is 35.5 Å². The van der Waals surface area contributed by atoms with E-state index >= 15 is 0 Å². The first-order valence-electron chi connectivity index (χ1n) is 11.9. The van der Waals surface area contributed by atoms with E-state index in [2.05, 4.69) is 0 Å². The molecule has 1 saturated carbocycles. The predicted octanol–water partition coefficient (Wildman–Crippen LogP) is 3.84. The minimum Gasteiger partial charge on any atom is -0.490 e. The van der Waals surface area contributed by atoms with Crippen LogP contribution in [0.3, 0.4) is 0 Å². The molecule has 0 spiro atoms. The van der Waals surface area contributed by atoms with Crippen molar-refractivity contribution in [3.63, 3.8) is 0 Å². The molecule has 7 atom stereocenters. The fraction of sp³-hybridized carbons (Fsp3) is 0.640. The molecular formula is C25H34ClFO7. The number of hydrogen-bond acceptors (Lipinski definition) is 6. The topological polar surface area (TPSA) is 105 Å². The first-order chi connectivity index (χ1) is 16.3. The maximum absolute atomic E-state index is 13.2. The third-order valence-electron chi connectivity index (χ3n) is 6.57. The minimum atomic E-state index is -0.938. The van der Waals surface area contributed by atoms with Crippen LogP contribution in [0.2, 0.25) is 5.02 Å². The van der Waals surface area contributed by atoms with Crippen LogP contribution in [0.15, 0.2) is 30.4 Å². The Morgan fingerprint density at radius 2 is 2.18 bits per heavy atom. The van der Waals surface area contributed by atoms with Crippen LogP contribution in [-0.2, 0) is 14.3 Å². The molecule has 190 valence electrons. The molecule has 9 heteroatoms. The van der Waals surface area contributed by atoms with Crippen LogP contribution < -0.4 is 4.74 Å². The van der Waals surface area contributed by atoms with E-state index in [0.29, 0.717) is 31.8 Å². The third kappa shape index (κ3) is 7.39. The van der Waals surface area contributed by atoms with Crippen molar-refractivity contribution in [1.29, 1.82) is 0 Å². The summed E-state index contributed by atoms with van der Waals surface area (Å²) in [4.78, 5) is 11.3. The van der Waals surface area contributed by atoms with Crippen molar-refractivity contribution in [2.45, 2.75) is 63.4 Å². The molecule has 34 heavy (non-hydrogen) atoms. The lowest BCUT2D eigenvalue weighted by Crippen LogP contribution is -2.27. The van der Waals surface area contributed by atoms with Gasteiger partial charge in [0.1, 0.15) is 24.3 Å². The standard InChI is InChI=1S/C25H34ClFO7/c1-2-3-23(25(30)31)33-12-15-4-7-19-18(22(29)11-24(19)34-13-15)8-5-16(28)14-32-17-6-9-21(27)20(26)10-17/h5-6,8-10,15-16,18-19,22-24,28-29H,2-4,7,11-14H2,1H3,(H,30,31)/b8-5+/t15-,16+,18+,19+,22+,23?,24-/m0/s1. The van der Waals surface area contributed by atoms with Crippen molar-refractivity contribution in [3.05, 3.63) is 41.2 Å². The number of carboxylic acid groups (broad SMARTS) is 1. The number of aliphatic carboxylic acids is 1. The van der Waals surface area contributed by atoms with Gasteiger partial charge in [-0.2, -0.15) is 0 Å². The first kappa shape index (κ1) is 26.9. The van der Waals surface area contributed by atoms with Crippen molar-refractivity contribution in [3.8, 4) is 5.75 Å². The second-order valence-corrected chi connectivity index (χ2v) is 9.55. The average Bonchev–Trinajstić information content (AvgIpc) is 2.96. The molecule has 1 aliphatic carbocycles. The molecule has 3 N–H and O–H groups in total. The summed E-state index contributed by atoms with van der Waals surface area (Å²) < 4.78 is 30.4. The molecular weight excluding hydrogens is 467 g/mol.